The minimum atomic E-state index is -0.157. The fraction of sp³-hybridized carbons (Fsp3) is 0.625. The van der Waals surface area contributed by atoms with Crippen LogP contribution < -0.4 is 5.73 Å². The lowest BCUT2D eigenvalue weighted by Gasteiger charge is -2.20. The van der Waals surface area contributed by atoms with Crippen LogP contribution in [-0.2, 0) is 9.63 Å². The molecule has 1 rings (SSSR count). The first-order valence-corrected chi connectivity index (χ1v) is 3.90. The van der Waals surface area contributed by atoms with E-state index in [0.29, 0.717) is 6.42 Å². The van der Waals surface area contributed by atoms with Gasteiger partial charge in [-0.2, -0.15) is 0 Å². The molecule has 0 aromatic heterocycles. The summed E-state index contributed by atoms with van der Waals surface area (Å²) in [5.74, 6) is -0.204. The van der Waals surface area contributed by atoms with E-state index in [1.165, 1.54) is 12.2 Å². The Morgan fingerprint density at radius 2 is 2.42 bits per heavy atom. The van der Waals surface area contributed by atoms with Crippen molar-refractivity contribution in [1.82, 2.24) is 5.06 Å². The molecule has 1 aliphatic carbocycles. The second-order valence-corrected chi connectivity index (χ2v) is 2.87. The molecule has 0 spiro atoms. The van der Waals surface area contributed by atoms with Crippen molar-refractivity contribution < 1.29 is 9.63 Å². The first-order chi connectivity index (χ1) is 5.66. The number of nitrogens with two attached hydrogens (primary N) is 1. The molecule has 4 nitrogen and oxygen atoms in total. The van der Waals surface area contributed by atoms with E-state index in [4.69, 9.17) is 10.6 Å². The maximum Gasteiger partial charge on any atom is 0.251 e. The van der Waals surface area contributed by atoms with Gasteiger partial charge in [-0.05, 0) is 6.42 Å². The molecule has 0 aromatic rings. The molecule has 12 heavy (non-hydrogen) atoms. The van der Waals surface area contributed by atoms with Crippen LogP contribution in [0.3, 0.4) is 0 Å². The van der Waals surface area contributed by atoms with Gasteiger partial charge in [-0.1, -0.05) is 12.2 Å². The standard InChI is InChI=1S/C8H14N2O2/c1-10(12-2)8(11)6-4-3-5-7(6)9/h3,5-7H,4,9H2,1-2H3/t6-,7+/m1/s1. The number of amides is 1. The largest absolute Gasteiger partial charge is 0.324 e. The highest BCUT2D eigenvalue weighted by Crippen LogP contribution is 2.18. The Bertz CT molecular complexity index is 203. The monoisotopic (exact) mass is 170 g/mol. The smallest absolute Gasteiger partial charge is 0.251 e. The minimum Gasteiger partial charge on any atom is -0.324 e. The van der Waals surface area contributed by atoms with Crippen LogP contribution in [-0.4, -0.2) is 31.2 Å². The summed E-state index contributed by atoms with van der Waals surface area (Å²) in [6, 6.07) is -0.157. The van der Waals surface area contributed by atoms with Gasteiger partial charge >= 0.3 is 0 Å². The Morgan fingerprint density at radius 1 is 1.75 bits per heavy atom. The van der Waals surface area contributed by atoms with Gasteiger partial charge in [0.1, 0.15) is 0 Å². The average Bonchev–Trinajstić information content (AvgIpc) is 2.48. The zero-order valence-corrected chi connectivity index (χ0v) is 7.36. The maximum absolute atomic E-state index is 11.5. The van der Waals surface area contributed by atoms with Crippen molar-refractivity contribution in [2.45, 2.75) is 12.5 Å². The van der Waals surface area contributed by atoms with Crippen molar-refractivity contribution in [1.29, 1.82) is 0 Å². The Labute approximate surface area is 71.9 Å². The van der Waals surface area contributed by atoms with Crippen LogP contribution in [0, 0.1) is 5.92 Å². The van der Waals surface area contributed by atoms with Gasteiger partial charge in [-0.25, -0.2) is 5.06 Å². The van der Waals surface area contributed by atoms with E-state index >= 15 is 0 Å². The molecule has 0 heterocycles. The Balaban J connectivity index is 2.53. The number of hydrogen-bond acceptors (Lipinski definition) is 3. The maximum atomic E-state index is 11.5. The van der Waals surface area contributed by atoms with Crippen molar-refractivity contribution in [3.8, 4) is 0 Å². The highest BCUT2D eigenvalue weighted by atomic mass is 16.7. The van der Waals surface area contributed by atoms with Gasteiger partial charge in [-0.15, -0.1) is 0 Å². The fourth-order valence-corrected chi connectivity index (χ4v) is 1.26. The second-order valence-electron chi connectivity index (χ2n) is 2.87. The number of carbonyl (C=O) groups excluding carboxylic acids is 1. The second kappa shape index (κ2) is 3.69. The van der Waals surface area contributed by atoms with E-state index in [1.54, 1.807) is 7.05 Å². The molecule has 0 saturated carbocycles. The number of hydroxylamine groups is 2. The number of nitrogens with zero attached hydrogens (tertiary/aromatic N) is 1. The van der Waals surface area contributed by atoms with Crippen LogP contribution in [0.25, 0.3) is 0 Å². The van der Waals surface area contributed by atoms with Gasteiger partial charge in [0.2, 0.25) is 0 Å². The summed E-state index contributed by atoms with van der Waals surface area (Å²) < 4.78 is 0. The molecule has 0 aromatic carbocycles. The number of rotatable bonds is 2. The van der Waals surface area contributed by atoms with Crippen LogP contribution in [0.15, 0.2) is 12.2 Å². The van der Waals surface area contributed by atoms with Crippen LogP contribution in [0.1, 0.15) is 6.42 Å². The normalized spacial score (nSPS) is 27.6. The van der Waals surface area contributed by atoms with E-state index in [9.17, 15) is 4.79 Å². The van der Waals surface area contributed by atoms with E-state index in [0.717, 1.165) is 0 Å². The van der Waals surface area contributed by atoms with Crippen LogP contribution in [0.2, 0.25) is 0 Å². The Morgan fingerprint density at radius 3 is 2.83 bits per heavy atom. The van der Waals surface area contributed by atoms with Crippen molar-refractivity contribution in [3.05, 3.63) is 12.2 Å². The van der Waals surface area contributed by atoms with Gasteiger partial charge in [0.05, 0.1) is 13.0 Å². The molecule has 0 fully saturated rings. The number of carbonyl (C=O) groups is 1. The molecular weight excluding hydrogens is 156 g/mol. The Hall–Kier alpha value is -0.870. The van der Waals surface area contributed by atoms with Gasteiger partial charge in [0.15, 0.2) is 0 Å². The van der Waals surface area contributed by atoms with E-state index in [1.807, 2.05) is 12.2 Å². The highest BCUT2D eigenvalue weighted by molar-refractivity contribution is 5.79. The predicted octanol–water partition coefficient (Wildman–Crippen LogP) is -0.0904. The van der Waals surface area contributed by atoms with Gasteiger partial charge in [0, 0.05) is 13.1 Å². The first kappa shape index (κ1) is 9.22. The van der Waals surface area contributed by atoms with Crippen molar-refractivity contribution in [2.24, 2.45) is 11.7 Å². The zero-order valence-electron chi connectivity index (χ0n) is 7.36. The van der Waals surface area contributed by atoms with E-state index in [2.05, 4.69) is 0 Å². The minimum absolute atomic E-state index is 0.0602. The van der Waals surface area contributed by atoms with E-state index in [-0.39, 0.29) is 17.9 Å². The van der Waals surface area contributed by atoms with E-state index < -0.39 is 0 Å². The molecule has 0 radical (unpaired) electrons. The summed E-state index contributed by atoms with van der Waals surface area (Å²) in [6.45, 7) is 0. The lowest BCUT2D eigenvalue weighted by Crippen LogP contribution is -2.39. The summed E-state index contributed by atoms with van der Waals surface area (Å²) in [4.78, 5) is 16.2. The molecule has 4 heteroatoms. The lowest BCUT2D eigenvalue weighted by molar-refractivity contribution is -0.173. The van der Waals surface area contributed by atoms with Gasteiger partial charge in [0.25, 0.3) is 5.91 Å². The molecule has 1 aliphatic rings. The Kier molecular flexibility index (Phi) is 2.83. The third kappa shape index (κ3) is 1.65. The zero-order chi connectivity index (χ0) is 9.14. The van der Waals surface area contributed by atoms with Gasteiger partial charge < -0.3 is 5.73 Å². The topological polar surface area (TPSA) is 55.6 Å². The van der Waals surface area contributed by atoms with Crippen molar-refractivity contribution >= 4 is 5.91 Å². The summed E-state index contributed by atoms with van der Waals surface area (Å²) in [6.07, 6.45) is 4.50. The summed E-state index contributed by atoms with van der Waals surface area (Å²) >= 11 is 0. The molecule has 0 saturated heterocycles. The molecule has 2 atom stereocenters. The number of allylic oxidation sites excluding steroid dienone is 1. The molecule has 68 valence electrons. The molecule has 0 unspecified atom stereocenters. The summed E-state index contributed by atoms with van der Waals surface area (Å²) in [5.41, 5.74) is 5.68. The molecule has 0 bridgehead atoms. The summed E-state index contributed by atoms with van der Waals surface area (Å²) in [7, 11) is 3.05. The van der Waals surface area contributed by atoms with Crippen LogP contribution in [0.4, 0.5) is 0 Å². The number of hydrogen-bond donors (Lipinski definition) is 1. The third-order valence-corrected chi connectivity index (χ3v) is 2.11. The highest BCUT2D eigenvalue weighted by Gasteiger charge is 2.28. The molecular formula is C8H14N2O2. The fourth-order valence-electron chi connectivity index (χ4n) is 1.26. The first-order valence-electron chi connectivity index (χ1n) is 3.90. The van der Waals surface area contributed by atoms with Crippen LogP contribution in [0.5, 0.6) is 0 Å². The predicted molar refractivity (Wildman–Crippen MR) is 45.0 cm³/mol. The quantitative estimate of drug-likeness (QED) is 0.465. The molecule has 2 N–H and O–H groups in total. The third-order valence-electron chi connectivity index (χ3n) is 2.11. The lowest BCUT2D eigenvalue weighted by atomic mass is 10.0. The van der Waals surface area contributed by atoms with Crippen molar-refractivity contribution in [2.75, 3.05) is 14.2 Å². The van der Waals surface area contributed by atoms with Crippen molar-refractivity contribution in [3.63, 3.8) is 0 Å². The van der Waals surface area contributed by atoms with Crippen LogP contribution >= 0.6 is 0 Å². The molecule has 0 aliphatic heterocycles. The average molecular weight is 170 g/mol. The molecule has 1 amide bonds. The SMILES string of the molecule is CON(C)C(=O)[C@@H]1CC=C[C@@H]1N. The summed E-state index contributed by atoms with van der Waals surface area (Å²) in [5, 5.41) is 1.22. The van der Waals surface area contributed by atoms with Gasteiger partial charge in [-0.3, -0.25) is 9.63 Å².